The molecule has 0 aliphatic carbocycles. The third-order valence-corrected chi connectivity index (χ3v) is 3.61. The number of nitrogens with zero attached hydrogens (tertiary/aromatic N) is 2. The molecule has 0 saturated heterocycles. The van der Waals surface area contributed by atoms with Gasteiger partial charge in [0.2, 0.25) is 0 Å². The number of aromatic nitrogens is 2. The van der Waals surface area contributed by atoms with Crippen molar-refractivity contribution in [3.05, 3.63) is 51.4 Å². The van der Waals surface area contributed by atoms with Crippen molar-refractivity contribution < 1.29 is 0 Å². The number of rotatable bonds is 4. The van der Waals surface area contributed by atoms with E-state index in [1.807, 2.05) is 45.0 Å². The van der Waals surface area contributed by atoms with Gasteiger partial charge in [0.15, 0.2) is 0 Å². The van der Waals surface area contributed by atoms with Gasteiger partial charge in [-0.1, -0.05) is 23.7 Å². The molecule has 0 amide bonds. The van der Waals surface area contributed by atoms with Crippen LogP contribution in [0.5, 0.6) is 0 Å². The Morgan fingerprint density at radius 2 is 1.86 bits per heavy atom. The molecule has 1 heterocycles. The van der Waals surface area contributed by atoms with Crippen molar-refractivity contribution in [1.29, 1.82) is 0 Å². The Morgan fingerprint density at radius 1 is 1.24 bits per heavy atom. The van der Waals surface area contributed by atoms with E-state index in [1.54, 1.807) is 6.20 Å². The molecule has 1 atom stereocenters. The summed E-state index contributed by atoms with van der Waals surface area (Å²) >= 11 is 6.14. The Kier molecular flexibility index (Phi) is 4.53. The molecule has 1 unspecified atom stereocenters. The van der Waals surface area contributed by atoms with Crippen LogP contribution in [0.2, 0.25) is 5.02 Å². The van der Waals surface area contributed by atoms with Crippen LogP contribution in [0.25, 0.3) is 0 Å². The zero-order chi connectivity index (χ0) is 15.6. The van der Waals surface area contributed by atoms with E-state index in [-0.39, 0.29) is 22.7 Å². The number of halogens is 1. The molecule has 5 nitrogen and oxygen atoms in total. The van der Waals surface area contributed by atoms with Crippen molar-refractivity contribution in [1.82, 2.24) is 9.78 Å². The summed E-state index contributed by atoms with van der Waals surface area (Å²) in [6, 6.07) is 7.50. The maximum Gasteiger partial charge on any atom is 0.287 e. The van der Waals surface area contributed by atoms with E-state index < -0.39 is 0 Å². The Bertz CT molecular complexity index is 679. The van der Waals surface area contributed by atoms with Crippen molar-refractivity contribution in [2.75, 3.05) is 11.1 Å². The SMILES string of the molecule is CC(Nc1cnn(C(C)C)c(=O)c1Cl)c1ccc(N)cc1. The molecule has 3 N–H and O–H groups in total. The Labute approximate surface area is 128 Å². The number of nitrogens with two attached hydrogens (primary N) is 1. The minimum Gasteiger partial charge on any atom is -0.399 e. The van der Waals surface area contributed by atoms with Crippen LogP contribution in [0.3, 0.4) is 0 Å². The predicted octanol–water partition coefficient (Wildman–Crippen LogP) is 3.23. The van der Waals surface area contributed by atoms with Gasteiger partial charge in [-0.2, -0.15) is 5.10 Å². The van der Waals surface area contributed by atoms with Gasteiger partial charge in [-0.15, -0.1) is 0 Å². The quantitative estimate of drug-likeness (QED) is 0.851. The van der Waals surface area contributed by atoms with E-state index in [2.05, 4.69) is 10.4 Å². The van der Waals surface area contributed by atoms with E-state index in [4.69, 9.17) is 17.3 Å². The number of nitrogens with one attached hydrogen (secondary N) is 1. The molecule has 1 aromatic carbocycles. The smallest absolute Gasteiger partial charge is 0.287 e. The summed E-state index contributed by atoms with van der Waals surface area (Å²) in [5.74, 6) is 0. The fraction of sp³-hybridized carbons (Fsp3) is 0.333. The fourth-order valence-electron chi connectivity index (χ4n) is 2.01. The monoisotopic (exact) mass is 306 g/mol. The molecule has 0 aliphatic heterocycles. The van der Waals surface area contributed by atoms with Crippen LogP contribution < -0.4 is 16.6 Å². The molecule has 112 valence electrons. The van der Waals surface area contributed by atoms with Crippen molar-refractivity contribution in [3.8, 4) is 0 Å². The number of hydrogen-bond acceptors (Lipinski definition) is 4. The molecule has 0 saturated carbocycles. The standard InChI is InChI=1S/C15H19ClN4O/c1-9(2)20-15(21)14(16)13(8-18-20)19-10(3)11-4-6-12(17)7-5-11/h4-10,19H,17H2,1-3H3. The highest BCUT2D eigenvalue weighted by atomic mass is 35.5. The van der Waals surface area contributed by atoms with Gasteiger partial charge in [0.05, 0.1) is 17.9 Å². The summed E-state index contributed by atoms with van der Waals surface area (Å²) in [5.41, 5.74) is 7.68. The number of anilines is 2. The van der Waals surface area contributed by atoms with Crippen molar-refractivity contribution in [2.45, 2.75) is 32.9 Å². The number of hydrogen-bond donors (Lipinski definition) is 2. The molecule has 0 fully saturated rings. The van der Waals surface area contributed by atoms with Gasteiger partial charge in [0.25, 0.3) is 5.56 Å². The average Bonchev–Trinajstić information content (AvgIpc) is 2.44. The summed E-state index contributed by atoms with van der Waals surface area (Å²) in [4.78, 5) is 12.1. The molecule has 0 aliphatic rings. The van der Waals surface area contributed by atoms with Gasteiger partial charge in [0, 0.05) is 11.7 Å². The number of benzene rings is 1. The highest BCUT2D eigenvalue weighted by Crippen LogP contribution is 2.23. The van der Waals surface area contributed by atoms with Crippen molar-refractivity contribution in [3.63, 3.8) is 0 Å². The van der Waals surface area contributed by atoms with E-state index in [0.717, 1.165) is 5.56 Å². The van der Waals surface area contributed by atoms with Crippen LogP contribution in [0.15, 0.2) is 35.3 Å². The van der Waals surface area contributed by atoms with Crippen molar-refractivity contribution in [2.24, 2.45) is 0 Å². The van der Waals surface area contributed by atoms with Gasteiger partial charge < -0.3 is 11.1 Å². The maximum absolute atomic E-state index is 12.1. The van der Waals surface area contributed by atoms with Crippen LogP contribution in [-0.4, -0.2) is 9.78 Å². The first-order valence-electron chi connectivity index (χ1n) is 6.79. The molecular weight excluding hydrogens is 288 g/mol. The van der Waals surface area contributed by atoms with Crippen LogP contribution >= 0.6 is 11.6 Å². The topological polar surface area (TPSA) is 72.9 Å². The molecule has 1 aromatic heterocycles. The van der Waals surface area contributed by atoms with Gasteiger partial charge in [-0.05, 0) is 38.5 Å². The fourth-order valence-corrected chi connectivity index (χ4v) is 2.20. The summed E-state index contributed by atoms with van der Waals surface area (Å²) in [6.45, 7) is 5.75. The van der Waals surface area contributed by atoms with E-state index in [9.17, 15) is 4.79 Å². The third kappa shape index (κ3) is 3.36. The second-order valence-electron chi connectivity index (χ2n) is 5.25. The lowest BCUT2D eigenvalue weighted by Gasteiger charge is -2.17. The zero-order valence-electron chi connectivity index (χ0n) is 12.3. The first-order valence-corrected chi connectivity index (χ1v) is 7.17. The lowest BCUT2D eigenvalue weighted by Crippen LogP contribution is -2.26. The van der Waals surface area contributed by atoms with Crippen LogP contribution in [-0.2, 0) is 0 Å². The number of nitrogen functional groups attached to an aromatic ring is 1. The van der Waals surface area contributed by atoms with Gasteiger partial charge in [-0.3, -0.25) is 4.79 Å². The molecule has 0 radical (unpaired) electrons. The minimum atomic E-state index is -0.291. The summed E-state index contributed by atoms with van der Waals surface area (Å²) in [7, 11) is 0. The Hall–Kier alpha value is -2.01. The second kappa shape index (κ2) is 6.18. The highest BCUT2D eigenvalue weighted by molar-refractivity contribution is 6.32. The van der Waals surface area contributed by atoms with Crippen molar-refractivity contribution >= 4 is 23.0 Å². The molecule has 0 spiro atoms. The zero-order valence-corrected chi connectivity index (χ0v) is 13.1. The van der Waals surface area contributed by atoms with E-state index in [0.29, 0.717) is 11.4 Å². The molecule has 2 aromatic rings. The first kappa shape index (κ1) is 15.4. The van der Waals surface area contributed by atoms with Crippen LogP contribution in [0.1, 0.15) is 38.4 Å². The molecule has 0 bridgehead atoms. The Balaban J connectivity index is 2.26. The second-order valence-corrected chi connectivity index (χ2v) is 5.63. The average molecular weight is 307 g/mol. The molecule has 6 heteroatoms. The summed E-state index contributed by atoms with van der Waals surface area (Å²) < 4.78 is 1.36. The van der Waals surface area contributed by atoms with Gasteiger partial charge in [-0.25, -0.2) is 4.68 Å². The minimum absolute atomic E-state index is 0.0146. The Morgan fingerprint density at radius 3 is 2.43 bits per heavy atom. The summed E-state index contributed by atoms with van der Waals surface area (Å²) in [5, 5.41) is 7.49. The lowest BCUT2D eigenvalue weighted by molar-refractivity contribution is 0.503. The molecular formula is C15H19ClN4O. The highest BCUT2D eigenvalue weighted by Gasteiger charge is 2.13. The largest absolute Gasteiger partial charge is 0.399 e. The predicted molar refractivity (Wildman–Crippen MR) is 86.8 cm³/mol. The molecule has 2 rings (SSSR count). The van der Waals surface area contributed by atoms with Crippen LogP contribution in [0, 0.1) is 0 Å². The van der Waals surface area contributed by atoms with Gasteiger partial charge >= 0.3 is 0 Å². The third-order valence-electron chi connectivity index (χ3n) is 3.24. The maximum atomic E-state index is 12.1. The van der Waals surface area contributed by atoms with Gasteiger partial charge in [0.1, 0.15) is 5.02 Å². The summed E-state index contributed by atoms with van der Waals surface area (Å²) in [6.07, 6.45) is 1.58. The van der Waals surface area contributed by atoms with E-state index >= 15 is 0 Å². The van der Waals surface area contributed by atoms with E-state index in [1.165, 1.54) is 4.68 Å². The normalized spacial score (nSPS) is 12.4. The van der Waals surface area contributed by atoms with Crippen LogP contribution in [0.4, 0.5) is 11.4 Å². The first-order chi connectivity index (χ1) is 9.90. The lowest BCUT2D eigenvalue weighted by atomic mass is 10.1. The molecule has 21 heavy (non-hydrogen) atoms.